The lowest BCUT2D eigenvalue weighted by molar-refractivity contribution is -0.211. The number of nitrogens with zero attached hydrogens (tertiary/aromatic N) is 1. The summed E-state index contributed by atoms with van der Waals surface area (Å²) in [5.74, 6) is 1.57. The van der Waals surface area contributed by atoms with E-state index in [2.05, 4.69) is 45.0 Å². The first-order valence-corrected chi connectivity index (χ1v) is 13.0. The largest absolute Gasteiger partial charge is 0.456 e. The first-order valence-electron chi connectivity index (χ1n) is 13.0. The van der Waals surface area contributed by atoms with Gasteiger partial charge in [-0.1, -0.05) is 77.1 Å². The zero-order valence-corrected chi connectivity index (χ0v) is 22.3. The van der Waals surface area contributed by atoms with Crippen LogP contribution in [0.4, 0.5) is 13.2 Å². The van der Waals surface area contributed by atoms with E-state index >= 15 is 0 Å². The summed E-state index contributed by atoms with van der Waals surface area (Å²) >= 11 is 0. The highest BCUT2D eigenvalue weighted by atomic mass is 19.4. The third-order valence-corrected chi connectivity index (χ3v) is 7.58. The Labute approximate surface area is 220 Å². The molecule has 2 nitrogen and oxygen atoms in total. The van der Waals surface area contributed by atoms with E-state index in [0.29, 0.717) is 5.56 Å². The predicted octanol–water partition coefficient (Wildman–Crippen LogP) is 10.0. The number of aromatic nitrogens is 1. The van der Waals surface area contributed by atoms with Crippen molar-refractivity contribution in [3.63, 3.8) is 0 Å². The fourth-order valence-electron chi connectivity index (χ4n) is 5.63. The van der Waals surface area contributed by atoms with Gasteiger partial charge in [0.2, 0.25) is 0 Å². The van der Waals surface area contributed by atoms with Crippen LogP contribution in [-0.2, 0) is 12.8 Å². The van der Waals surface area contributed by atoms with E-state index in [1.807, 2.05) is 30.3 Å². The molecular weight excluding hydrogens is 483 g/mol. The molecule has 0 saturated carbocycles. The van der Waals surface area contributed by atoms with Crippen LogP contribution in [-0.4, -0.2) is 11.2 Å². The van der Waals surface area contributed by atoms with Gasteiger partial charge in [-0.25, -0.2) is 0 Å². The van der Waals surface area contributed by atoms with Gasteiger partial charge >= 0.3 is 6.18 Å². The van der Waals surface area contributed by atoms with E-state index in [9.17, 15) is 13.2 Å². The van der Waals surface area contributed by atoms with E-state index < -0.39 is 11.6 Å². The van der Waals surface area contributed by atoms with Gasteiger partial charge in [0.25, 0.3) is 0 Å². The Hall–Kier alpha value is -3.60. The van der Waals surface area contributed by atoms with Crippen LogP contribution in [0.2, 0.25) is 0 Å². The summed E-state index contributed by atoms with van der Waals surface area (Å²) < 4.78 is 47.5. The standard InChI is InChI=1S/C33H30F3NO/c1-31(2,3)18-26-22-9-7-6-8-20(22)15-25-29-28-23(12-13-37-29)24-14-19(17-32(4,5)33(34,35)36)10-11-21(24)16-27(28)38-30(25)26/h6-16H,17-18H2,1-5H3. The van der Waals surface area contributed by atoms with Crippen molar-refractivity contribution in [1.29, 1.82) is 0 Å². The highest BCUT2D eigenvalue weighted by Gasteiger charge is 2.47. The van der Waals surface area contributed by atoms with E-state index in [0.717, 1.165) is 56.1 Å². The Morgan fingerprint density at radius 2 is 1.50 bits per heavy atom. The SMILES string of the molecule is CC(C)(C)Cc1c2c(cc3ccccc13)-c1nccc3c1c(cc1ccc(CC(C)(C)C(F)(F)F)cc13)O2. The summed E-state index contributed by atoms with van der Waals surface area (Å²) in [6.45, 7) is 9.18. The van der Waals surface area contributed by atoms with Gasteiger partial charge in [-0.2, -0.15) is 13.2 Å². The maximum atomic E-state index is 13.6. The maximum absolute atomic E-state index is 13.6. The molecule has 5 aromatic rings. The minimum atomic E-state index is -4.28. The number of ether oxygens (including phenoxy) is 1. The average molecular weight is 514 g/mol. The summed E-state index contributed by atoms with van der Waals surface area (Å²) in [6, 6.07) is 20.0. The Kier molecular flexibility index (Phi) is 5.33. The fraction of sp³-hybridized carbons (Fsp3) is 0.303. The molecule has 4 aromatic carbocycles. The summed E-state index contributed by atoms with van der Waals surface area (Å²) in [5.41, 5.74) is 1.85. The van der Waals surface area contributed by atoms with Crippen LogP contribution in [0.15, 0.2) is 66.9 Å². The van der Waals surface area contributed by atoms with E-state index in [1.165, 1.54) is 24.8 Å². The normalized spacial score (nSPS) is 13.7. The van der Waals surface area contributed by atoms with E-state index in [-0.39, 0.29) is 11.8 Å². The maximum Gasteiger partial charge on any atom is 0.394 e. The van der Waals surface area contributed by atoms with Crippen molar-refractivity contribution in [2.45, 2.75) is 53.6 Å². The molecule has 0 unspecified atom stereocenters. The van der Waals surface area contributed by atoms with Gasteiger partial charge in [0, 0.05) is 17.3 Å². The van der Waals surface area contributed by atoms with Crippen molar-refractivity contribution in [1.82, 2.24) is 4.98 Å². The van der Waals surface area contributed by atoms with Gasteiger partial charge < -0.3 is 4.74 Å². The first-order chi connectivity index (χ1) is 17.8. The molecule has 0 spiro atoms. The van der Waals surface area contributed by atoms with Gasteiger partial charge in [-0.3, -0.25) is 4.98 Å². The Morgan fingerprint density at radius 3 is 2.24 bits per heavy atom. The first kappa shape index (κ1) is 24.7. The molecular formula is C33H30F3NO. The highest BCUT2D eigenvalue weighted by Crippen LogP contribution is 2.51. The Balaban J connectivity index is 1.60. The number of halogens is 3. The van der Waals surface area contributed by atoms with Crippen LogP contribution in [0, 0.1) is 10.8 Å². The van der Waals surface area contributed by atoms with Gasteiger partial charge in [0.05, 0.1) is 16.5 Å². The van der Waals surface area contributed by atoms with Crippen LogP contribution in [0.5, 0.6) is 11.5 Å². The highest BCUT2D eigenvalue weighted by molar-refractivity contribution is 6.16. The lowest BCUT2D eigenvalue weighted by atomic mass is 9.83. The number of benzene rings is 4. The number of pyridine rings is 1. The quantitative estimate of drug-likeness (QED) is 0.220. The predicted molar refractivity (Wildman–Crippen MR) is 149 cm³/mol. The lowest BCUT2D eigenvalue weighted by Gasteiger charge is -2.28. The number of hydrogen-bond acceptors (Lipinski definition) is 2. The van der Waals surface area contributed by atoms with Crippen molar-refractivity contribution < 1.29 is 17.9 Å². The smallest absolute Gasteiger partial charge is 0.394 e. The summed E-state index contributed by atoms with van der Waals surface area (Å²) in [6.07, 6.45) is -1.74. The summed E-state index contributed by atoms with van der Waals surface area (Å²) in [4.78, 5) is 4.82. The number of rotatable bonds is 3. The summed E-state index contributed by atoms with van der Waals surface area (Å²) in [7, 11) is 0. The van der Waals surface area contributed by atoms with Crippen molar-refractivity contribution in [2.75, 3.05) is 0 Å². The average Bonchev–Trinajstić information content (AvgIpc) is 2.83. The second-order valence-electron chi connectivity index (χ2n) is 12.4. The zero-order valence-electron chi connectivity index (χ0n) is 22.3. The van der Waals surface area contributed by atoms with Gasteiger partial charge in [-0.15, -0.1) is 0 Å². The Bertz CT molecular complexity index is 1740. The van der Waals surface area contributed by atoms with Crippen LogP contribution in [0.3, 0.4) is 0 Å². The van der Waals surface area contributed by atoms with E-state index in [1.54, 1.807) is 12.3 Å². The lowest BCUT2D eigenvalue weighted by Crippen LogP contribution is -2.34. The molecule has 2 heterocycles. The molecule has 0 radical (unpaired) electrons. The summed E-state index contributed by atoms with van der Waals surface area (Å²) in [5, 5.41) is 5.98. The second-order valence-corrected chi connectivity index (χ2v) is 12.4. The number of hydrogen-bond donors (Lipinski definition) is 0. The van der Waals surface area contributed by atoms with Crippen molar-refractivity contribution >= 4 is 32.3 Å². The van der Waals surface area contributed by atoms with Gasteiger partial charge in [0.15, 0.2) is 0 Å². The molecule has 0 amide bonds. The number of alkyl halides is 3. The fourth-order valence-corrected chi connectivity index (χ4v) is 5.63. The van der Waals surface area contributed by atoms with Crippen LogP contribution >= 0.6 is 0 Å². The molecule has 1 aliphatic rings. The van der Waals surface area contributed by atoms with E-state index in [4.69, 9.17) is 9.72 Å². The minimum Gasteiger partial charge on any atom is -0.456 e. The van der Waals surface area contributed by atoms with Crippen molar-refractivity contribution in [3.8, 4) is 22.8 Å². The minimum absolute atomic E-state index is 0.0466. The third kappa shape index (κ3) is 4.00. The van der Waals surface area contributed by atoms with Gasteiger partial charge in [-0.05, 0) is 69.0 Å². The molecule has 6 rings (SSSR count). The van der Waals surface area contributed by atoms with Crippen molar-refractivity contribution in [2.24, 2.45) is 10.8 Å². The molecule has 0 atom stereocenters. The molecule has 0 bridgehead atoms. The topological polar surface area (TPSA) is 22.1 Å². The molecule has 0 fully saturated rings. The molecule has 0 aliphatic carbocycles. The van der Waals surface area contributed by atoms with Crippen LogP contribution in [0.1, 0.15) is 45.7 Å². The number of fused-ring (bicyclic) bond motifs is 5. The van der Waals surface area contributed by atoms with Crippen LogP contribution < -0.4 is 4.74 Å². The molecule has 1 aliphatic heterocycles. The molecule has 0 N–H and O–H groups in total. The van der Waals surface area contributed by atoms with Crippen LogP contribution in [0.25, 0.3) is 43.6 Å². The molecule has 1 aromatic heterocycles. The van der Waals surface area contributed by atoms with Crippen molar-refractivity contribution in [3.05, 3.63) is 78.0 Å². The monoisotopic (exact) mass is 513 g/mol. The molecule has 0 saturated heterocycles. The zero-order chi connectivity index (χ0) is 27.0. The second kappa shape index (κ2) is 8.20. The molecule has 5 heteroatoms. The molecule has 194 valence electrons. The third-order valence-electron chi connectivity index (χ3n) is 7.58. The van der Waals surface area contributed by atoms with Gasteiger partial charge in [0.1, 0.15) is 11.5 Å². The molecule has 38 heavy (non-hydrogen) atoms. The Morgan fingerprint density at radius 1 is 0.763 bits per heavy atom.